The van der Waals surface area contributed by atoms with Crippen LogP contribution in [0.15, 0.2) is 0 Å². The van der Waals surface area contributed by atoms with E-state index < -0.39 is 43.9 Å². The summed E-state index contributed by atoms with van der Waals surface area (Å²) in [4.78, 5) is 1.15. The van der Waals surface area contributed by atoms with Crippen LogP contribution in [0, 0.1) is 5.92 Å². The van der Waals surface area contributed by atoms with Crippen LogP contribution in [0.3, 0.4) is 0 Å². The lowest BCUT2D eigenvalue weighted by Gasteiger charge is -2.32. The highest BCUT2D eigenvalue weighted by Gasteiger charge is 2.59. The summed E-state index contributed by atoms with van der Waals surface area (Å²) >= 11 is 0. The molecule has 4 nitrogen and oxygen atoms in total. The van der Waals surface area contributed by atoms with Crippen LogP contribution in [0.1, 0.15) is 12.8 Å². The van der Waals surface area contributed by atoms with Gasteiger partial charge in [0.05, 0.1) is 0 Å². The molecule has 1 rings (SSSR count). The molecule has 1 heterocycles. The highest BCUT2D eigenvalue weighted by molar-refractivity contribution is 6.43. The van der Waals surface area contributed by atoms with Gasteiger partial charge in [0, 0.05) is 18.5 Å². The van der Waals surface area contributed by atoms with Crippen LogP contribution >= 0.6 is 0 Å². The minimum Gasteiger partial charge on any atom is -0.426 e. The summed E-state index contributed by atoms with van der Waals surface area (Å²) in [7, 11) is -1.82. The van der Waals surface area contributed by atoms with E-state index in [0.717, 1.165) is 4.90 Å². The first-order valence-electron chi connectivity index (χ1n) is 5.93. The van der Waals surface area contributed by atoms with E-state index in [9.17, 15) is 26.3 Å². The van der Waals surface area contributed by atoms with Crippen LogP contribution in [-0.4, -0.2) is 59.5 Å². The third kappa shape index (κ3) is 4.24. The molecule has 0 bridgehead atoms. The van der Waals surface area contributed by atoms with Crippen LogP contribution in [0.5, 0.6) is 0 Å². The van der Waals surface area contributed by atoms with E-state index in [2.05, 4.69) is 0 Å². The van der Waals surface area contributed by atoms with Gasteiger partial charge >= 0.3 is 19.5 Å². The molecule has 11 heteroatoms. The molecule has 0 aromatic rings. The smallest absolute Gasteiger partial charge is 0.426 e. The SMILES string of the molecule is N[C@H](CN1CCC[C@H]1B(O)O)C(C(F)(F)F)C(F)(F)F. The lowest BCUT2D eigenvalue weighted by Crippen LogP contribution is -2.55. The molecule has 1 saturated heterocycles. The molecule has 0 radical (unpaired) electrons. The Morgan fingerprint density at radius 2 is 1.65 bits per heavy atom. The first kappa shape index (κ1) is 17.5. The largest absolute Gasteiger partial charge is 0.469 e. The first-order chi connectivity index (χ1) is 8.94. The Hall–Kier alpha value is -0.515. The Kier molecular flexibility index (Phi) is 5.33. The zero-order valence-electron chi connectivity index (χ0n) is 10.3. The van der Waals surface area contributed by atoms with Crippen LogP contribution in [0.2, 0.25) is 0 Å². The van der Waals surface area contributed by atoms with Crippen molar-refractivity contribution in [2.45, 2.75) is 37.2 Å². The zero-order valence-corrected chi connectivity index (χ0v) is 10.3. The van der Waals surface area contributed by atoms with Crippen molar-refractivity contribution < 1.29 is 36.4 Å². The van der Waals surface area contributed by atoms with Crippen molar-refractivity contribution in [3.63, 3.8) is 0 Å². The van der Waals surface area contributed by atoms with Gasteiger partial charge < -0.3 is 20.7 Å². The van der Waals surface area contributed by atoms with Gasteiger partial charge in [-0.2, -0.15) is 26.3 Å². The zero-order chi connectivity index (χ0) is 15.7. The van der Waals surface area contributed by atoms with Gasteiger partial charge in [0.2, 0.25) is 0 Å². The molecule has 0 unspecified atom stereocenters. The van der Waals surface area contributed by atoms with Crippen molar-refractivity contribution in [3.05, 3.63) is 0 Å². The summed E-state index contributed by atoms with van der Waals surface area (Å²) in [6.07, 6.45) is -10.2. The van der Waals surface area contributed by atoms with Crippen LogP contribution in [0.4, 0.5) is 26.3 Å². The van der Waals surface area contributed by atoms with Gasteiger partial charge in [0.25, 0.3) is 0 Å². The highest BCUT2D eigenvalue weighted by Crippen LogP contribution is 2.41. The number of alkyl halides is 6. The molecule has 1 aliphatic rings. The van der Waals surface area contributed by atoms with E-state index in [-0.39, 0.29) is 13.0 Å². The summed E-state index contributed by atoms with van der Waals surface area (Å²) in [6, 6.07) is -2.21. The Morgan fingerprint density at radius 1 is 1.15 bits per heavy atom. The summed E-state index contributed by atoms with van der Waals surface area (Å²) in [6.45, 7) is -0.523. The van der Waals surface area contributed by atoms with Crippen molar-refractivity contribution in [1.29, 1.82) is 0 Å². The van der Waals surface area contributed by atoms with E-state index in [1.54, 1.807) is 0 Å². The molecule has 2 atom stereocenters. The predicted molar refractivity (Wildman–Crippen MR) is 58.4 cm³/mol. The number of hydrogen-bond acceptors (Lipinski definition) is 4. The maximum absolute atomic E-state index is 12.5. The number of rotatable bonds is 4. The minimum absolute atomic E-state index is 0.179. The third-order valence-corrected chi connectivity index (χ3v) is 3.34. The Morgan fingerprint density at radius 3 is 2.05 bits per heavy atom. The van der Waals surface area contributed by atoms with Gasteiger partial charge in [-0.1, -0.05) is 0 Å². The van der Waals surface area contributed by atoms with Crippen molar-refractivity contribution in [3.8, 4) is 0 Å². The summed E-state index contributed by atoms with van der Waals surface area (Å²) in [5, 5.41) is 18.0. The van der Waals surface area contributed by atoms with Crippen LogP contribution in [0.25, 0.3) is 0 Å². The summed E-state index contributed by atoms with van der Waals surface area (Å²) in [5.74, 6) is -4.52. The second-order valence-corrected chi connectivity index (χ2v) is 4.84. The van der Waals surface area contributed by atoms with Crippen molar-refractivity contribution in [2.75, 3.05) is 13.1 Å². The topological polar surface area (TPSA) is 69.7 Å². The molecule has 0 aromatic carbocycles. The van der Waals surface area contributed by atoms with Gasteiger partial charge in [-0.25, -0.2) is 0 Å². The molecule has 0 aromatic heterocycles. The van der Waals surface area contributed by atoms with E-state index in [1.807, 2.05) is 0 Å². The molecule has 1 aliphatic heterocycles. The number of halogens is 6. The van der Waals surface area contributed by atoms with Gasteiger partial charge in [-0.3, -0.25) is 0 Å². The van der Waals surface area contributed by atoms with Crippen LogP contribution in [-0.2, 0) is 0 Å². The van der Waals surface area contributed by atoms with Crippen molar-refractivity contribution in [2.24, 2.45) is 11.7 Å². The second-order valence-electron chi connectivity index (χ2n) is 4.84. The van der Waals surface area contributed by atoms with Gasteiger partial charge in [0.15, 0.2) is 5.92 Å². The average molecular weight is 308 g/mol. The Labute approximate surface area is 111 Å². The van der Waals surface area contributed by atoms with E-state index in [4.69, 9.17) is 15.8 Å². The average Bonchev–Trinajstić information content (AvgIpc) is 2.60. The molecule has 1 fully saturated rings. The minimum atomic E-state index is -5.50. The molecule has 0 saturated carbocycles. The summed E-state index contributed by atoms with van der Waals surface area (Å²) in [5.41, 5.74) is 5.09. The quantitative estimate of drug-likeness (QED) is 0.523. The predicted octanol–water partition coefficient (Wildman–Crippen LogP) is 0.531. The third-order valence-electron chi connectivity index (χ3n) is 3.34. The molecule has 118 valence electrons. The monoisotopic (exact) mass is 308 g/mol. The maximum atomic E-state index is 12.5. The molecular formula is C9H15BF6N2O2. The fraction of sp³-hybridized carbons (Fsp3) is 1.00. The van der Waals surface area contributed by atoms with E-state index >= 15 is 0 Å². The standard InChI is InChI=1S/C9H15BF6N2O2/c11-8(12,13)7(9(14,15)16)5(17)4-18-3-1-2-6(18)10(19)20/h5-7,19-20H,1-4,17H2/t5-,6+/m1/s1. The molecule has 0 amide bonds. The number of nitrogens with zero attached hydrogens (tertiary/aromatic N) is 1. The number of nitrogens with two attached hydrogens (primary N) is 1. The fourth-order valence-corrected chi connectivity index (χ4v) is 2.46. The summed E-state index contributed by atoms with van der Waals surface area (Å²) < 4.78 is 74.9. The molecule has 4 N–H and O–H groups in total. The van der Waals surface area contributed by atoms with E-state index in [0.29, 0.717) is 6.42 Å². The lowest BCUT2D eigenvalue weighted by atomic mass is 9.77. The first-order valence-corrected chi connectivity index (χ1v) is 5.93. The van der Waals surface area contributed by atoms with Gasteiger partial charge in [0.1, 0.15) is 0 Å². The van der Waals surface area contributed by atoms with Crippen molar-refractivity contribution >= 4 is 7.12 Å². The van der Waals surface area contributed by atoms with Crippen LogP contribution < -0.4 is 5.73 Å². The van der Waals surface area contributed by atoms with Gasteiger partial charge in [-0.05, 0) is 19.4 Å². The second kappa shape index (κ2) is 6.08. The normalized spacial score (nSPS) is 23.4. The lowest BCUT2D eigenvalue weighted by molar-refractivity contribution is -0.290. The molecular weight excluding hydrogens is 293 g/mol. The Bertz CT molecular complexity index is 311. The molecule has 20 heavy (non-hydrogen) atoms. The number of hydrogen-bond donors (Lipinski definition) is 3. The number of likely N-dealkylation sites (tertiary alicyclic amines) is 1. The molecule has 0 spiro atoms. The van der Waals surface area contributed by atoms with Crippen molar-refractivity contribution in [1.82, 2.24) is 4.90 Å². The van der Waals surface area contributed by atoms with Gasteiger partial charge in [-0.15, -0.1) is 0 Å². The maximum Gasteiger partial charge on any atom is 0.469 e. The Balaban J connectivity index is 2.79. The highest BCUT2D eigenvalue weighted by atomic mass is 19.4. The van der Waals surface area contributed by atoms with E-state index in [1.165, 1.54) is 0 Å². The fourth-order valence-electron chi connectivity index (χ4n) is 2.46. The molecule has 0 aliphatic carbocycles.